The van der Waals surface area contributed by atoms with Crippen LogP contribution in [-0.2, 0) is 17.6 Å². The minimum absolute atomic E-state index is 0.220. The summed E-state index contributed by atoms with van der Waals surface area (Å²) >= 11 is 0. The van der Waals surface area contributed by atoms with E-state index in [1.54, 1.807) is 6.07 Å². The normalized spacial score (nSPS) is 10.1. The number of phenolic OH excluding ortho intramolecular Hbond substituents is 1. The lowest BCUT2D eigenvalue weighted by Gasteiger charge is -2.04. The van der Waals surface area contributed by atoms with Gasteiger partial charge in [-0.05, 0) is 24.5 Å². The van der Waals surface area contributed by atoms with E-state index in [0.717, 1.165) is 31.1 Å². The highest BCUT2D eigenvalue weighted by Crippen LogP contribution is 2.19. The van der Waals surface area contributed by atoms with E-state index in [1.165, 1.54) is 5.56 Å². The van der Waals surface area contributed by atoms with Crippen LogP contribution in [-0.4, -0.2) is 11.4 Å². The number of aldehydes is 1. The van der Waals surface area contributed by atoms with E-state index in [0.29, 0.717) is 6.42 Å². The third-order valence-electron chi connectivity index (χ3n) is 2.27. The molecule has 0 radical (unpaired) electrons. The number of hydrogen-bond donors (Lipinski definition) is 1. The number of aromatic hydroxyl groups is 1. The van der Waals surface area contributed by atoms with Crippen molar-refractivity contribution < 1.29 is 9.90 Å². The molecule has 1 N–H and O–H groups in total. The standard InChI is InChI=1S/C12H16O2/c1-2-3-4-10-5-6-12(14)11(9-10)7-8-13/h5-6,8-9,14H,2-4,7H2,1H3. The molecule has 0 aliphatic carbocycles. The maximum Gasteiger partial charge on any atom is 0.124 e. The first kappa shape index (κ1) is 10.8. The molecule has 1 aromatic rings. The van der Waals surface area contributed by atoms with Crippen molar-refractivity contribution in [2.75, 3.05) is 0 Å². The molecule has 14 heavy (non-hydrogen) atoms. The lowest BCUT2D eigenvalue weighted by Crippen LogP contribution is -1.91. The van der Waals surface area contributed by atoms with E-state index in [-0.39, 0.29) is 5.75 Å². The quantitative estimate of drug-likeness (QED) is 0.728. The van der Waals surface area contributed by atoms with Gasteiger partial charge in [0.25, 0.3) is 0 Å². The summed E-state index contributed by atoms with van der Waals surface area (Å²) in [5.74, 6) is 0.220. The Hall–Kier alpha value is -1.31. The van der Waals surface area contributed by atoms with Crippen LogP contribution >= 0.6 is 0 Å². The Bertz CT molecular complexity index is 305. The van der Waals surface area contributed by atoms with Gasteiger partial charge in [-0.15, -0.1) is 0 Å². The Balaban J connectivity index is 2.77. The second-order valence-corrected chi connectivity index (χ2v) is 3.44. The number of carbonyl (C=O) groups excluding carboxylic acids is 1. The summed E-state index contributed by atoms with van der Waals surface area (Å²) in [6, 6.07) is 5.50. The van der Waals surface area contributed by atoms with Gasteiger partial charge in [0, 0.05) is 12.0 Å². The second-order valence-electron chi connectivity index (χ2n) is 3.44. The van der Waals surface area contributed by atoms with Gasteiger partial charge in [-0.25, -0.2) is 0 Å². The van der Waals surface area contributed by atoms with Gasteiger partial charge in [-0.3, -0.25) is 0 Å². The molecule has 0 amide bonds. The van der Waals surface area contributed by atoms with Crippen LogP contribution in [0.15, 0.2) is 18.2 Å². The Morgan fingerprint density at radius 1 is 1.43 bits per heavy atom. The number of aryl methyl sites for hydroxylation is 1. The number of hydrogen-bond acceptors (Lipinski definition) is 2. The Morgan fingerprint density at radius 3 is 2.86 bits per heavy atom. The SMILES string of the molecule is CCCCc1ccc(O)c(CC=O)c1. The molecule has 0 spiro atoms. The number of benzene rings is 1. The van der Waals surface area contributed by atoms with Gasteiger partial charge in [0.05, 0.1) is 0 Å². The molecule has 76 valence electrons. The molecule has 2 nitrogen and oxygen atoms in total. The third kappa shape index (κ3) is 2.87. The van der Waals surface area contributed by atoms with Crippen LogP contribution in [0.25, 0.3) is 0 Å². The maximum atomic E-state index is 10.3. The first-order chi connectivity index (χ1) is 6.77. The Labute approximate surface area is 84.6 Å². The van der Waals surface area contributed by atoms with Gasteiger partial charge in [0.1, 0.15) is 12.0 Å². The van der Waals surface area contributed by atoms with E-state index in [4.69, 9.17) is 0 Å². The van der Waals surface area contributed by atoms with Crippen LogP contribution in [0.3, 0.4) is 0 Å². The lowest BCUT2D eigenvalue weighted by molar-refractivity contribution is -0.107. The van der Waals surface area contributed by atoms with E-state index in [1.807, 2.05) is 12.1 Å². The molecule has 0 fully saturated rings. The lowest BCUT2D eigenvalue weighted by atomic mass is 10.0. The minimum Gasteiger partial charge on any atom is -0.508 e. The van der Waals surface area contributed by atoms with Crippen LogP contribution in [0.4, 0.5) is 0 Å². The molecule has 0 atom stereocenters. The van der Waals surface area contributed by atoms with Crippen molar-refractivity contribution in [2.45, 2.75) is 32.6 Å². The monoisotopic (exact) mass is 192 g/mol. The van der Waals surface area contributed by atoms with Crippen molar-refractivity contribution in [1.29, 1.82) is 0 Å². The van der Waals surface area contributed by atoms with Gasteiger partial charge < -0.3 is 9.90 Å². The largest absolute Gasteiger partial charge is 0.508 e. The number of phenols is 1. The highest BCUT2D eigenvalue weighted by Gasteiger charge is 2.01. The fraction of sp³-hybridized carbons (Fsp3) is 0.417. The van der Waals surface area contributed by atoms with Crippen molar-refractivity contribution in [1.82, 2.24) is 0 Å². The van der Waals surface area contributed by atoms with Gasteiger partial charge in [0.15, 0.2) is 0 Å². The molecule has 0 unspecified atom stereocenters. The van der Waals surface area contributed by atoms with Crippen LogP contribution in [0.5, 0.6) is 5.75 Å². The predicted molar refractivity (Wildman–Crippen MR) is 56.5 cm³/mol. The molecule has 1 aromatic carbocycles. The van der Waals surface area contributed by atoms with Crippen molar-refractivity contribution in [3.8, 4) is 5.75 Å². The second kappa shape index (κ2) is 5.43. The number of carbonyl (C=O) groups is 1. The molecular weight excluding hydrogens is 176 g/mol. The minimum atomic E-state index is 0.220. The smallest absolute Gasteiger partial charge is 0.124 e. The van der Waals surface area contributed by atoms with Gasteiger partial charge >= 0.3 is 0 Å². The van der Waals surface area contributed by atoms with E-state index < -0.39 is 0 Å². The van der Waals surface area contributed by atoms with Crippen LogP contribution in [0, 0.1) is 0 Å². The molecule has 2 heteroatoms. The van der Waals surface area contributed by atoms with Crippen LogP contribution in [0.2, 0.25) is 0 Å². The number of unbranched alkanes of at least 4 members (excludes halogenated alkanes) is 1. The van der Waals surface area contributed by atoms with Crippen molar-refractivity contribution >= 4 is 6.29 Å². The van der Waals surface area contributed by atoms with Crippen LogP contribution in [0.1, 0.15) is 30.9 Å². The highest BCUT2D eigenvalue weighted by molar-refractivity contribution is 5.57. The van der Waals surface area contributed by atoms with Gasteiger partial charge in [-0.1, -0.05) is 25.5 Å². The van der Waals surface area contributed by atoms with Crippen molar-refractivity contribution in [2.24, 2.45) is 0 Å². The average Bonchev–Trinajstić information content (AvgIpc) is 2.19. The molecule has 0 aromatic heterocycles. The zero-order valence-electron chi connectivity index (χ0n) is 8.49. The first-order valence-corrected chi connectivity index (χ1v) is 5.02. The Kier molecular flexibility index (Phi) is 4.17. The summed E-state index contributed by atoms with van der Waals surface area (Å²) in [5.41, 5.74) is 1.93. The summed E-state index contributed by atoms with van der Waals surface area (Å²) in [4.78, 5) is 10.3. The zero-order valence-corrected chi connectivity index (χ0v) is 8.49. The topological polar surface area (TPSA) is 37.3 Å². The zero-order chi connectivity index (χ0) is 10.4. The molecule has 1 rings (SSSR count). The molecule has 0 aliphatic heterocycles. The fourth-order valence-corrected chi connectivity index (χ4v) is 1.43. The maximum absolute atomic E-state index is 10.3. The summed E-state index contributed by atoms with van der Waals surface area (Å²) in [6.45, 7) is 2.15. The summed E-state index contributed by atoms with van der Waals surface area (Å²) in [7, 11) is 0. The predicted octanol–water partition coefficient (Wildman–Crippen LogP) is 2.48. The summed E-state index contributed by atoms with van der Waals surface area (Å²) in [5, 5.41) is 9.43. The van der Waals surface area contributed by atoms with Crippen LogP contribution < -0.4 is 0 Å². The third-order valence-corrected chi connectivity index (χ3v) is 2.27. The average molecular weight is 192 g/mol. The molecule has 0 heterocycles. The first-order valence-electron chi connectivity index (χ1n) is 5.02. The van der Waals surface area contributed by atoms with Crippen molar-refractivity contribution in [3.63, 3.8) is 0 Å². The van der Waals surface area contributed by atoms with E-state index in [9.17, 15) is 9.90 Å². The summed E-state index contributed by atoms with van der Waals surface area (Å²) < 4.78 is 0. The van der Waals surface area contributed by atoms with E-state index >= 15 is 0 Å². The molecule has 0 saturated heterocycles. The highest BCUT2D eigenvalue weighted by atomic mass is 16.3. The fourth-order valence-electron chi connectivity index (χ4n) is 1.43. The molecule has 0 saturated carbocycles. The van der Waals surface area contributed by atoms with E-state index in [2.05, 4.69) is 6.92 Å². The molecule has 0 bridgehead atoms. The molecular formula is C12H16O2. The molecule has 0 aliphatic rings. The van der Waals surface area contributed by atoms with Crippen molar-refractivity contribution in [3.05, 3.63) is 29.3 Å². The Morgan fingerprint density at radius 2 is 2.21 bits per heavy atom. The van der Waals surface area contributed by atoms with Gasteiger partial charge in [0.2, 0.25) is 0 Å². The number of rotatable bonds is 5. The van der Waals surface area contributed by atoms with Gasteiger partial charge in [-0.2, -0.15) is 0 Å². The summed E-state index contributed by atoms with van der Waals surface area (Å²) in [6.07, 6.45) is 4.43.